The van der Waals surface area contributed by atoms with Gasteiger partial charge < -0.3 is 18.7 Å². The lowest BCUT2D eigenvalue weighted by Crippen LogP contribution is -2.36. The molecule has 0 saturated heterocycles. The molecule has 0 atom stereocenters. The number of hydrogen-bond acceptors (Lipinski definition) is 10. The molecule has 12 nitrogen and oxygen atoms in total. The van der Waals surface area contributed by atoms with Gasteiger partial charge in [-0.1, -0.05) is 23.4 Å². The Morgan fingerprint density at radius 2 is 1.97 bits per heavy atom. The van der Waals surface area contributed by atoms with Gasteiger partial charge in [0.15, 0.2) is 23.3 Å². The smallest absolute Gasteiger partial charge is 0.376 e. The van der Waals surface area contributed by atoms with E-state index in [1.54, 1.807) is 51.4 Å². The molecule has 0 amide bonds. The molecule has 6 rings (SSSR count). The van der Waals surface area contributed by atoms with Crippen LogP contribution >= 0.6 is 0 Å². The summed E-state index contributed by atoms with van der Waals surface area (Å²) in [7, 11) is 0. The van der Waals surface area contributed by atoms with Crippen LogP contribution in [0.5, 0.6) is 0 Å². The molecular weight excluding hydrogens is 512 g/mol. The third kappa shape index (κ3) is 4.60. The number of esters is 1. The van der Waals surface area contributed by atoms with Gasteiger partial charge in [-0.2, -0.15) is 5.10 Å². The number of hydrogen-bond donors (Lipinski definition) is 0. The number of carbonyl (C=O) groups excluding carboxylic acids is 1. The fourth-order valence-corrected chi connectivity index (χ4v) is 4.37. The van der Waals surface area contributed by atoms with Crippen LogP contribution in [0.15, 0.2) is 53.4 Å². The summed E-state index contributed by atoms with van der Waals surface area (Å²) < 4.78 is 42.6. The molecule has 198 valence electrons. The van der Waals surface area contributed by atoms with Crippen LogP contribution < -0.4 is 4.90 Å². The fourth-order valence-electron chi connectivity index (χ4n) is 4.37. The van der Waals surface area contributed by atoms with Crippen LogP contribution in [0.4, 0.5) is 14.6 Å². The molecule has 1 aliphatic rings. The van der Waals surface area contributed by atoms with Gasteiger partial charge in [0.25, 0.3) is 0 Å². The Bertz CT molecular complexity index is 1650. The van der Waals surface area contributed by atoms with E-state index in [9.17, 15) is 13.6 Å². The highest BCUT2D eigenvalue weighted by Gasteiger charge is 2.28. The van der Waals surface area contributed by atoms with Gasteiger partial charge >= 0.3 is 5.97 Å². The molecule has 0 fully saturated rings. The Labute approximate surface area is 219 Å². The highest BCUT2D eigenvalue weighted by Crippen LogP contribution is 2.28. The summed E-state index contributed by atoms with van der Waals surface area (Å²) >= 11 is 0. The summed E-state index contributed by atoms with van der Waals surface area (Å²) in [4.78, 5) is 22.5. The number of carbonyl (C=O) groups is 1. The number of fused-ring (bicyclic) bond motifs is 1. The van der Waals surface area contributed by atoms with Crippen LogP contribution in [0.25, 0.3) is 22.9 Å². The van der Waals surface area contributed by atoms with Gasteiger partial charge in [0.2, 0.25) is 5.82 Å². The highest BCUT2D eigenvalue weighted by atomic mass is 19.1. The van der Waals surface area contributed by atoms with E-state index >= 15 is 0 Å². The number of benzene rings is 1. The minimum atomic E-state index is -0.625. The molecule has 14 heteroatoms. The maximum atomic E-state index is 14.9. The van der Waals surface area contributed by atoms with E-state index in [1.165, 1.54) is 12.3 Å². The predicted octanol–water partition coefficient (Wildman–Crippen LogP) is 3.11. The topological polar surface area (TPSA) is 130 Å². The first-order valence-electron chi connectivity index (χ1n) is 12.1. The fraction of sp³-hybridized carbons (Fsp3) is 0.240. The minimum absolute atomic E-state index is 0.0542. The van der Waals surface area contributed by atoms with E-state index in [0.717, 1.165) is 6.20 Å². The van der Waals surface area contributed by atoms with Gasteiger partial charge in [0.1, 0.15) is 23.5 Å². The monoisotopic (exact) mass is 533 g/mol. The van der Waals surface area contributed by atoms with Crippen molar-refractivity contribution in [3.8, 4) is 22.9 Å². The lowest BCUT2D eigenvalue weighted by Gasteiger charge is -2.28. The number of nitrogens with zero attached hydrogens (tertiary/aromatic N) is 9. The predicted molar refractivity (Wildman–Crippen MR) is 131 cm³/mol. The quantitative estimate of drug-likeness (QED) is 0.288. The molecular formula is C25H21F2N9O3. The van der Waals surface area contributed by atoms with Crippen LogP contribution in [-0.4, -0.2) is 58.8 Å². The number of ether oxygens (including phenoxy) is 1. The van der Waals surface area contributed by atoms with Gasteiger partial charge in [0, 0.05) is 24.7 Å². The van der Waals surface area contributed by atoms with Crippen molar-refractivity contribution in [2.45, 2.75) is 26.6 Å². The third-order valence-electron chi connectivity index (χ3n) is 6.22. The minimum Gasteiger partial charge on any atom is -0.460 e. The lowest BCUT2D eigenvalue weighted by atomic mass is 10.2. The molecule has 0 saturated carbocycles. The van der Waals surface area contributed by atoms with Crippen molar-refractivity contribution in [3.05, 3.63) is 77.7 Å². The van der Waals surface area contributed by atoms with Crippen LogP contribution in [0.1, 0.15) is 28.9 Å². The largest absolute Gasteiger partial charge is 0.460 e. The zero-order valence-corrected chi connectivity index (χ0v) is 20.7. The summed E-state index contributed by atoms with van der Waals surface area (Å²) in [5.74, 6) is -0.747. The van der Waals surface area contributed by atoms with Crippen molar-refractivity contribution < 1.29 is 22.8 Å². The second-order valence-electron chi connectivity index (χ2n) is 8.65. The second-order valence-corrected chi connectivity index (χ2v) is 8.65. The molecule has 5 aromatic rings. The number of rotatable bonds is 7. The third-order valence-corrected chi connectivity index (χ3v) is 6.22. The second kappa shape index (κ2) is 10.0. The van der Waals surface area contributed by atoms with E-state index in [1.807, 2.05) is 0 Å². The van der Waals surface area contributed by atoms with Crippen molar-refractivity contribution in [2.75, 3.05) is 18.1 Å². The molecule has 1 aliphatic heterocycles. The Morgan fingerprint density at radius 1 is 1.10 bits per heavy atom. The van der Waals surface area contributed by atoms with Crippen molar-refractivity contribution in [1.82, 2.24) is 39.7 Å². The normalized spacial score (nSPS) is 12.9. The van der Waals surface area contributed by atoms with Crippen molar-refractivity contribution in [2.24, 2.45) is 0 Å². The Kier molecular flexibility index (Phi) is 6.26. The number of aromatic nitrogens is 8. The first-order chi connectivity index (χ1) is 19.0. The molecule has 0 radical (unpaired) electrons. The average molecular weight is 533 g/mol. The molecule has 4 aromatic heterocycles. The molecule has 1 aromatic carbocycles. The van der Waals surface area contributed by atoms with Crippen molar-refractivity contribution >= 4 is 11.8 Å². The van der Waals surface area contributed by atoms with Gasteiger partial charge in [-0.3, -0.25) is 4.68 Å². The van der Waals surface area contributed by atoms with Gasteiger partial charge in [-0.05, 0) is 19.1 Å². The molecule has 39 heavy (non-hydrogen) atoms. The first-order valence-corrected chi connectivity index (χ1v) is 12.1. The Hall–Kier alpha value is -5.01. The van der Waals surface area contributed by atoms with E-state index in [-0.39, 0.29) is 43.0 Å². The maximum absolute atomic E-state index is 14.9. The van der Waals surface area contributed by atoms with Gasteiger partial charge in [0.05, 0.1) is 31.6 Å². The molecule has 0 N–H and O–H groups in total. The molecule has 0 spiro atoms. The maximum Gasteiger partial charge on any atom is 0.376 e. The first kappa shape index (κ1) is 24.3. The lowest BCUT2D eigenvalue weighted by molar-refractivity contribution is 0.0505. The van der Waals surface area contributed by atoms with Crippen molar-refractivity contribution in [3.63, 3.8) is 0 Å². The summed E-state index contributed by atoms with van der Waals surface area (Å²) in [5, 5.41) is 16.6. The summed E-state index contributed by atoms with van der Waals surface area (Å²) in [6, 6.07) is 9.74. The summed E-state index contributed by atoms with van der Waals surface area (Å²) in [5.41, 5.74) is 1.81. The number of halogens is 2. The van der Waals surface area contributed by atoms with Crippen LogP contribution in [0.2, 0.25) is 0 Å². The standard InChI is InChI=1S/C25H21F2N9O3/c1-2-38-25(37)24-31-30-21-14-34(8-9-35(21)24)23-17(27)12-28-22(29-23)19-11-20(18-7-10-39-33-18)36(32-19)13-15-5-3-4-6-16(15)26/h3-7,10-12H,2,8-9,13-14H2,1H3. The van der Waals surface area contributed by atoms with E-state index in [0.29, 0.717) is 41.6 Å². The zero-order chi connectivity index (χ0) is 26.9. The summed E-state index contributed by atoms with van der Waals surface area (Å²) in [6.45, 7) is 2.90. The van der Waals surface area contributed by atoms with Crippen molar-refractivity contribution in [1.29, 1.82) is 0 Å². The molecule has 0 unspecified atom stereocenters. The SMILES string of the molecule is CCOC(=O)c1nnc2n1CCN(c1nc(-c3cc(-c4ccon4)n(Cc4ccccc4F)n3)ncc1F)C2. The Balaban J connectivity index is 1.32. The van der Waals surface area contributed by atoms with Crippen LogP contribution in [0.3, 0.4) is 0 Å². The van der Waals surface area contributed by atoms with Gasteiger partial charge in [-0.15, -0.1) is 10.2 Å². The highest BCUT2D eigenvalue weighted by molar-refractivity contribution is 5.85. The molecule has 5 heterocycles. The van der Waals surface area contributed by atoms with E-state index in [2.05, 4.69) is 30.4 Å². The van der Waals surface area contributed by atoms with Gasteiger partial charge in [-0.25, -0.2) is 23.5 Å². The van der Waals surface area contributed by atoms with Crippen LogP contribution in [-0.2, 0) is 24.4 Å². The summed E-state index contributed by atoms with van der Waals surface area (Å²) in [6.07, 6.45) is 2.50. The van der Waals surface area contributed by atoms with Crippen LogP contribution in [0, 0.1) is 11.6 Å². The molecule has 0 bridgehead atoms. The Morgan fingerprint density at radius 3 is 2.77 bits per heavy atom. The number of anilines is 1. The van der Waals surface area contributed by atoms with E-state index < -0.39 is 11.8 Å². The van der Waals surface area contributed by atoms with E-state index in [4.69, 9.17) is 9.26 Å². The zero-order valence-electron chi connectivity index (χ0n) is 20.7. The average Bonchev–Trinajstić information content (AvgIpc) is 3.70. The molecule has 0 aliphatic carbocycles.